The van der Waals surface area contributed by atoms with Gasteiger partial charge in [0, 0.05) is 25.8 Å². The molecule has 0 aliphatic carbocycles. The van der Waals surface area contributed by atoms with E-state index in [-0.39, 0.29) is 0 Å². The summed E-state index contributed by atoms with van der Waals surface area (Å²) < 4.78 is 1.82. The number of nitrogens with two attached hydrogens (primary N) is 1. The molecule has 0 atom stereocenters. The summed E-state index contributed by atoms with van der Waals surface area (Å²) >= 11 is 0. The summed E-state index contributed by atoms with van der Waals surface area (Å²) in [6.45, 7) is 9.22. The largest absolute Gasteiger partial charge is 0.329 e. The van der Waals surface area contributed by atoms with Gasteiger partial charge >= 0.3 is 0 Å². The van der Waals surface area contributed by atoms with Gasteiger partial charge in [0.1, 0.15) is 0 Å². The van der Waals surface area contributed by atoms with Crippen LogP contribution in [0, 0.1) is 5.41 Å². The smallest absolute Gasteiger partial charge is 0.0967 e. The molecule has 2 heterocycles. The highest BCUT2D eigenvalue weighted by atomic mass is 15.4. The molecule has 1 saturated heterocycles. The minimum atomic E-state index is 0.452. The third kappa shape index (κ3) is 2.80. The van der Waals surface area contributed by atoms with Crippen molar-refractivity contribution in [2.24, 2.45) is 11.1 Å². The van der Waals surface area contributed by atoms with Crippen molar-refractivity contribution < 1.29 is 0 Å². The maximum absolute atomic E-state index is 5.47. The van der Waals surface area contributed by atoms with Gasteiger partial charge in [-0.15, -0.1) is 5.10 Å². The molecule has 0 bridgehead atoms. The van der Waals surface area contributed by atoms with Crippen molar-refractivity contribution >= 4 is 0 Å². The van der Waals surface area contributed by atoms with Crippen LogP contribution in [-0.2, 0) is 13.1 Å². The van der Waals surface area contributed by atoms with E-state index < -0.39 is 0 Å². The zero-order chi connectivity index (χ0) is 11.6. The Morgan fingerprint density at radius 1 is 1.50 bits per heavy atom. The van der Waals surface area contributed by atoms with Gasteiger partial charge in [0.15, 0.2) is 0 Å². The van der Waals surface area contributed by atoms with Gasteiger partial charge in [-0.3, -0.25) is 9.58 Å². The second kappa shape index (κ2) is 4.51. The van der Waals surface area contributed by atoms with E-state index in [0.29, 0.717) is 12.0 Å². The Bertz CT molecular complexity index is 344. The van der Waals surface area contributed by atoms with Crippen LogP contribution in [0.3, 0.4) is 0 Å². The summed E-state index contributed by atoms with van der Waals surface area (Å²) in [6, 6.07) is 0. The molecule has 90 valence electrons. The molecule has 1 fully saturated rings. The second-order valence-electron chi connectivity index (χ2n) is 5.39. The molecule has 0 radical (unpaired) electrons. The first-order valence-corrected chi connectivity index (χ1v) is 5.90. The minimum Gasteiger partial charge on any atom is -0.329 e. The van der Waals surface area contributed by atoms with Crippen molar-refractivity contribution in [3.63, 3.8) is 0 Å². The lowest BCUT2D eigenvalue weighted by molar-refractivity contribution is 0.281. The molecule has 1 aliphatic heterocycles. The van der Waals surface area contributed by atoms with E-state index in [2.05, 4.69) is 29.1 Å². The summed E-state index contributed by atoms with van der Waals surface area (Å²) in [6.07, 6.45) is 3.27. The lowest BCUT2D eigenvalue weighted by atomic mass is 9.93. The number of likely N-dealkylation sites (tertiary alicyclic amines) is 1. The number of rotatable bonds is 4. The van der Waals surface area contributed by atoms with Crippen molar-refractivity contribution in [1.82, 2.24) is 19.9 Å². The van der Waals surface area contributed by atoms with Gasteiger partial charge in [-0.2, -0.15) is 0 Å². The third-order valence-electron chi connectivity index (χ3n) is 3.09. The first-order valence-electron chi connectivity index (χ1n) is 5.90. The SMILES string of the molecule is CC1(C)CCN(Cc2cn(CCN)nn2)C1. The molecule has 0 amide bonds. The van der Waals surface area contributed by atoms with E-state index in [1.807, 2.05) is 10.9 Å². The lowest BCUT2D eigenvalue weighted by Crippen LogP contribution is -2.23. The van der Waals surface area contributed by atoms with E-state index in [4.69, 9.17) is 5.73 Å². The van der Waals surface area contributed by atoms with Crippen LogP contribution in [0.5, 0.6) is 0 Å². The molecule has 5 heteroatoms. The van der Waals surface area contributed by atoms with Crippen molar-refractivity contribution in [2.45, 2.75) is 33.4 Å². The second-order valence-corrected chi connectivity index (χ2v) is 5.39. The first kappa shape index (κ1) is 11.5. The Morgan fingerprint density at radius 3 is 2.94 bits per heavy atom. The zero-order valence-corrected chi connectivity index (χ0v) is 10.2. The van der Waals surface area contributed by atoms with Crippen molar-refractivity contribution in [2.75, 3.05) is 19.6 Å². The Morgan fingerprint density at radius 2 is 2.31 bits per heavy atom. The summed E-state index contributed by atoms with van der Waals surface area (Å²) in [5.74, 6) is 0. The molecule has 0 saturated carbocycles. The minimum absolute atomic E-state index is 0.452. The fourth-order valence-corrected chi connectivity index (χ4v) is 2.24. The summed E-state index contributed by atoms with van der Waals surface area (Å²) in [7, 11) is 0. The predicted octanol–water partition coefficient (Wildman–Crippen LogP) is 0.469. The Balaban J connectivity index is 1.89. The average Bonchev–Trinajstić information content (AvgIpc) is 2.75. The predicted molar refractivity (Wildman–Crippen MR) is 62.8 cm³/mol. The first-order chi connectivity index (χ1) is 7.59. The van der Waals surface area contributed by atoms with E-state index in [9.17, 15) is 0 Å². The quantitative estimate of drug-likeness (QED) is 0.806. The number of aromatic nitrogens is 3. The summed E-state index contributed by atoms with van der Waals surface area (Å²) in [5, 5.41) is 8.21. The van der Waals surface area contributed by atoms with Crippen LogP contribution in [-0.4, -0.2) is 39.5 Å². The van der Waals surface area contributed by atoms with Gasteiger partial charge in [0.25, 0.3) is 0 Å². The standard InChI is InChI=1S/C11H21N5/c1-11(2)3-5-15(9-11)7-10-8-16(6-4-12)14-13-10/h8H,3-7,9,12H2,1-2H3. The van der Waals surface area contributed by atoms with Crippen LogP contribution in [0.1, 0.15) is 26.0 Å². The van der Waals surface area contributed by atoms with Gasteiger partial charge in [-0.05, 0) is 18.4 Å². The fourth-order valence-electron chi connectivity index (χ4n) is 2.24. The lowest BCUT2D eigenvalue weighted by Gasteiger charge is -2.18. The monoisotopic (exact) mass is 223 g/mol. The Kier molecular flexibility index (Phi) is 3.25. The molecular formula is C11H21N5. The molecule has 1 aromatic rings. The van der Waals surface area contributed by atoms with E-state index in [0.717, 1.165) is 31.9 Å². The molecule has 1 aromatic heterocycles. The van der Waals surface area contributed by atoms with Crippen LogP contribution in [0.15, 0.2) is 6.20 Å². The van der Waals surface area contributed by atoms with Gasteiger partial charge < -0.3 is 5.73 Å². The number of hydrogen-bond donors (Lipinski definition) is 1. The van der Waals surface area contributed by atoms with Crippen LogP contribution in [0.2, 0.25) is 0 Å². The van der Waals surface area contributed by atoms with E-state index in [1.54, 1.807) is 0 Å². The van der Waals surface area contributed by atoms with E-state index in [1.165, 1.54) is 6.42 Å². The third-order valence-corrected chi connectivity index (χ3v) is 3.09. The maximum atomic E-state index is 5.47. The highest BCUT2D eigenvalue weighted by Crippen LogP contribution is 2.29. The van der Waals surface area contributed by atoms with Gasteiger partial charge in [-0.1, -0.05) is 19.1 Å². The fraction of sp³-hybridized carbons (Fsp3) is 0.818. The summed E-state index contributed by atoms with van der Waals surface area (Å²) in [4.78, 5) is 2.44. The average molecular weight is 223 g/mol. The van der Waals surface area contributed by atoms with Gasteiger partial charge in [-0.25, -0.2) is 0 Å². The van der Waals surface area contributed by atoms with Crippen LogP contribution in [0.4, 0.5) is 0 Å². The zero-order valence-electron chi connectivity index (χ0n) is 10.2. The molecule has 16 heavy (non-hydrogen) atoms. The van der Waals surface area contributed by atoms with E-state index >= 15 is 0 Å². The number of nitrogens with zero attached hydrogens (tertiary/aromatic N) is 4. The van der Waals surface area contributed by atoms with Gasteiger partial charge in [0.2, 0.25) is 0 Å². The summed E-state index contributed by atoms with van der Waals surface area (Å²) in [5.41, 5.74) is 6.97. The molecule has 0 unspecified atom stereocenters. The Hall–Kier alpha value is -0.940. The molecule has 2 N–H and O–H groups in total. The highest BCUT2D eigenvalue weighted by Gasteiger charge is 2.29. The number of hydrogen-bond acceptors (Lipinski definition) is 4. The highest BCUT2D eigenvalue weighted by molar-refractivity contribution is 4.94. The Labute approximate surface area is 96.6 Å². The molecular weight excluding hydrogens is 202 g/mol. The van der Waals surface area contributed by atoms with Gasteiger partial charge in [0.05, 0.1) is 12.2 Å². The maximum Gasteiger partial charge on any atom is 0.0967 e. The molecule has 0 aromatic carbocycles. The van der Waals surface area contributed by atoms with Crippen LogP contribution >= 0.6 is 0 Å². The van der Waals surface area contributed by atoms with Crippen molar-refractivity contribution in [1.29, 1.82) is 0 Å². The molecule has 5 nitrogen and oxygen atoms in total. The van der Waals surface area contributed by atoms with Crippen LogP contribution in [0.25, 0.3) is 0 Å². The molecule has 1 aliphatic rings. The van der Waals surface area contributed by atoms with Crippen molar-refractivity contribution in [3.8, 4) is 0 Å². The molecule has 0 spiro atoms. The van der Waals surface area contributed by atoms with Crippen LogP contribution < -0.4 is 5.73 Å². The van der Waals surface area contributed by atoms with Crippen molar-refractivity contribution in [3.05, 3.63) is 11.9 Å². The topological polar surface area (TPSA) is 60.0 Å². The normalized spacial score (nSPS) is 20.4. The molecule has 2 rings (SSSR count).